The predicted octanol–water partition coefficient (Wildman–Crippen LogP) is 3.46. The molecule has 0 radical (unpaired) electrons. The Morgan fingerprint density at radius 1 is 0.826 bits per heavy atom. The minimum absolute atomic E-state index is 0.347. The molecule has 0 atom stereocenters. The van der Waals surface area contributed by atoms with E-state index >= 15 is 0 Å². The lowest BCUT2D eigenvalue weighted by Crippen LogP contribution is -2.26. The molecular formula is C18H33N3O2. The van der Waals surface area contributed by atoms with Crippen molar-refractivity contribution >= 4 is 0 Å². The van der Waals surface area contributed by atoms with E-state index in [4.69, 9.17) is 0 Å². The first-order chi connectivity index (χ1) is 11.2. The van der Waals surface area contributed by atoms with Gasteiger partial charge in [0.25, 0.3) is 5.56 Å². The molecule has 0 aliphatic carbocycles. The molecule has 23 heavy (non-hydrogen) atoms. The Kier molecular flexibility index (Phi) is 11.2. The minimum Gasteiger partial charge on any atom is -0.311 e. The van der Waals surface area contributed by atoms with Crippen LogP contribution in [0.1, 0.15) is 83.2 Å². The highest BCUT2D eigenvalue weighted by atomic mass is 16.2. The zero-order valence-corrected chi connectivity index (χ0v) is 14.6. The van der Waals surface area contributed by atoms with Gasteiger partial charge in [0.2, 0.25) is 0 Å². The number of hydrogen-bond acceptors (Lipinski definition) is 3. The normalized spacial score (nSPS) is 11.0. The van der Waals surface area contributed by atoms with Gasteiger partial charge in [-0.3, -0.25) is 9.78 Å². The van der Waals surface area contributed by atoms with Gasteiger partial charge in [-0.15, -0.1) is 0 Å². The molecule has 0 unspecified atom stereocenters. The number of unbranched alkanes of at least 4 members (excludes halogenated alkanes) is 10. The SMILES string of the molecule is CCCCCCCCCCCCCNCc1cc(=O)[nH]c(=O)[nH]1. The number of hydrogen-bond donors (Lipinski definition) is 3. The second-order valence-corrected chi connectivity index (χ2v) is 6.33. The summed E-state index contributed by atoms with van der Waals surface area (Å²) in [7, 11) is 0. The lowest BCUT2D eigenvalue weighted by Gasteiger charge is -2.05. The van der Waals surface area contributed by atoms with Crippen LogP contribution < -0.4 is 16.6 Å². The fourth-order valence-electron chi connectivity index (χ4n) is 2.75. The third-order valence-electron chi connectivity index (χ3n) is 4.09. The fraction of sp³-hybridized carbons (Fsp3) is 0.778. The summed E-state index contributed by atoms with van der Waals surface area (Å²) in [6.07, 6.45) is 14.7. The first-order valence-electron chi connectivity index (χ1n) is 9.25. The highest BCUT2D eigenvalue weighted by molar-refractivity contribution is 4.97. The first-order valence-corrected chi connectivity index (χ1v) is 9.25. The van der Waals surface area contributed by atoms with Crippen LogP contribution in [0.3, 0.4) is 0 Å². The zero-order chi connectivity index (χ0) is 16.8. The number of nitrogens with one attached hydrogen (secondary N) is 3. The number of aromatic nitrogens is 2. The molecule has 0 saturated carbocycles. The van der Waals surface area contributed by atoms with Gasteiger partial charge < -0.3 is 10.3 Å². The van der Waals surface area contributed by atoms with Crippen molar-refractivity contribution in [3.05, 3.63) is 32.6 Å². The zero-order valence-electron chi connectivity index (χ0n) is 14.6. The topological polar surface area (TPSA) is 77.8 Å². The smallest absolute Gasteiger partial charge is 0.311 e. The average Bonchev–Trinajstić information content (AvgIpc) is 2.51. The Bertz CT molecular complexity index is 479. The second-order valence-electron chi connectivity index (χ2n) is 6.33. The Hall–Kier alpha value is -1.36. The maximum absolute atomic E-state index is 11.1. The lowest BCUT2D eigenvalue weighted by atomic mass is 10.1. The summed E-state index contributed by atoms with van der Waals surface area (Å²) in [4.78, 5) is 27.0. The van der Waals surface area contributed by atoms with Gasteiger partial charge in [0, 0.05) is 18.3 Å². The molecule has 0 aliphatic heterocycles. The standard InChI is InChI=1S/C18H33N3O2/c1-2-3-4-5-6-7-8-9-10-11-12-13-19-15-16-14-17(22)21-18(23)20-16/h14,19H,2-13,15H2,1H3,(H2,20,21,22,23). The number of H-pyrrole nitrogens is 2. The first kappa shape index (κ1) is 19.7. The van der Waals surface area contributed by atoms with Crippen molar-refractivity contribution in [2.45, 2.75) is 84.1 Å². The Morgan fingerprint density at radius 2 is 1.39 bits per heavy atom. The fourth-order valence-corrected chi connectivity index (χ4v) is 2.75. The Morgan fingerprint density at radius 3 is 1.96 bits per heavy atom. The van der Waals surface area contributed by atoms with E-state index in [0.29, 0.717) is 12.2 Å². The van der Waals surface area contributed by atoms with Crippen molar-refractivity contribution in [3.8, 4) is 0 Å². The molecule has 0 saturated heterocycles. The summed E-state index contributed by atoms with van der Waals surface area (Å²) in [6, 6.07) is 1.43. The van der Waals surface area contributed by atoms with Crippen LogP contribution in [0.4, 0.5) is 0 Å². The monoisotopic (exact) mass is 323 g/mol. The molecular weight excluding hydrogens is 290 g/mol. The van der Waals surface area contributed by atoms with Gasteiger partial charge in [0.1, 0.15) is 0 Å². The van der Waals surface area contributed by atoms with E-state index in [0.717, 1.165) is 13.0 Å². The molecule has 0 amide bonds. The van der Waals surface area contributed by atoms with Crippen LogP contribution in [-0.4, -0.2) is 16.5 Å². The van der Waals surface area contributed by atoms with Crippen LogP contribution in [-0.2, 0) is 6.54 Å². The van der Waals surface area contributed by atoms with Gasteiger partial charge in [0.05, 0.1) is 0 Å². The summed E-state index contributed by atoms with van der Waals surface area (Å²) < 4.78 is 0. The van der Waals surface area contributed by atoms with E-state index in [1.165, 1.54) is 70.3 Å². The van der Waals surface area contributed by atoms with E-state index in [9.17, 15) is 9.59 Å². The Balaban J connectivity index is 1.88. The van der Waals surface area contributed by atoms with Gasteiger partial charge >= 0.3 is 5.69 Å². The van der Waals surface area contributed by atoms with Crippen LogP contribution >= 0.6 is 0 Å². The molecule has 1 heterocycles. The van der Waals surface area contributed by atoms with E-state index in [2.05, 4.69) is 22.2 Å². The van der Waals surface area contributed by atoms with Crippen molar-refractivity contribution in [3.63, 3.8) is 0 Å². The lowest BCUT2D eigenvalue weighted by molar-refractivity contribution is 0.538. The van der Waals surface area contributed by atoms with Crippen molar-refractivity contribution in [2.24, 2.45) is 0 Å². The maximum atomic E-state index is 11.1. The third-order valence-corrected chi connectivity index (χ3v) is 4.09. The van der Waals surface area contributed by atoms with Gasteiger partial charge in [-0.1, -0.05) is 71.1 Å². The third kappa shape index (κ3) is 10.9. The van der Waals surface area contributed by atoms with Gasteiger partial charge in [0.15, 0.2) is 0 Å². The molecule has 0 fully saturated rings. The van der Waals surface area contributed by atoms with Crippen LogP contribution in [0.25, 0.3) is 0 Å². The van der Waals surface area contributed by atoms with Crippen LogP contribution in [0.5, 0.6) is 0 Å². The summed E-state index contributed by atoms with van der Waals surface area (Å²) >= 11 is 0. The van der Waals surface area contributed by atoms with E-state index in [1.807, 2.05) is 0 Å². The van der Waals surface area contributed by atoms with E-state index in [1.54, 1.807) is 0 Å². The molecule has 3 N–H and O–H groups in total. The largest absolute Gasteiger partial charge is 0.325 e. The van der Waals surface area contributed by atoms with E-state index in [-0.39, 0.29) is 5.56 Å². The number of aromatic amines is 2. The second kappa shape index (κ2) is 13.1. The minimum atomic E-state index is -0.441. The predicted molar refractivity (Wildman–Crippen MR) is 95.9 cm³/mol. The molecule has 5 heteroatoms. The van der Waals surface area contributed by atoms with Crippen molar-refractivity contribution in [1.29, 1.82) is 0 Å². The number of rotatable bonds is 14. The van der Waals surface area contributed by atoms with Crippen molar-refractivity contribution < 1.29 is 0 Å². The summed E-state index contributed by atoms with van der Waals surface area (Å²) in [5.74, 6) is 0. The summed E-state index contributed by atoms with van der Waals surface area (Å²) in [5.41, 5.74) is -0.147. The molecule has 1 rings (SSSR count). The van der Waals surface area contributed by atoms with Crippen molar-refractivity contribution in [2.75, 3.05) is 6.54 Å². The van der Waals surface area contributed by atoms with E-state index < -0.39 is 5.69 Å². The highest BCUT2D eigenvalue weighted by Gasteiger charge is 1.97. The molecule has 5 nitrogen and oxygen atoms in total. The quantitative estimate of drug-likeness (QED) is 0.459. The van der Waals surface area contributed by atoms with Crippen molar-refractivity contribution in [1.82, 2.24) is 15.3 Å². The molecule has 1 aromatic heterocycles. The average molecular weight is 323 g/mol. The molecule has 1 aromatic rings. The van der Waals surface area contributed by atoms with Gasteiger partial charge in [-0.05, 0) is 13.0 Å². The molecule has 0 bridgehead atoms. The molecule has 132 valence electrons. The summed E-state index contributed by atoms with van der Waals surface area (Å²) in [6.45, 7) is 3.72. The van der Waals surface area contributed by atoms with Crippen LogP contribution in [0.2, 0.25) is 0 Å². The van der Waals surface area contributed by atoms with Crippen LogP contribution in [0, 0.1) is 0 Å². The molecule has 0 spiro atoms. The molecule has 0 aliphatic rings. The van der Waals surface area contributed by atoms with Gasteiger partial charge in [-0.25, -0.2) is 4.79 Å². The summed E-state index contributed by atoms with van der Waals surface area (Å²) in [5, 5.41) is 3.26. The maximum Gasteiger partial charge on any atom is 0.325 e. The molecule has 0 aromatic carbocycles. The van der Waals surface area contributed by atoms with Crippen LogP contribution in [0.15, 0.2) is 15.7 Å². The Labute approximate surface area is 139 Å². The van der Waals surface area contributed by atoms with Gasteiger partial charge in [-0.2, -0.15) is 0 Å². The highest BCUT2D eigenvalue weighted by Crippen LogP contribution is 2.10.